The van der Waals surface area contributed by atoms with Gasteiger partial charge in [-0.05, 0) is 114 Å². The van der Waals surface area contributed by atoms with E-state index >= 15 is 0 Å². The van der Waals surface area contributed by atoms with Crippen molar-refractivity contribution in [1.82, 2.24) is 41.0 Å². The second-order valence-corrected chi connectivity index (χ2v) is 16.1. The molecule has 6 rings (SSSR count). The summed E-state index contributed by atoms with van der Waals surface area (Å²) < 4.78 is 35.4. The van der Waals surface area contributed by atoms with Crippen LogP contribution in [0.1, 0.15) is 77.8 Å². The zero-order valence-electron chi connectivity index (χ0n) is 35.5. The Kier molecular flexibility index (Phi) is 13.9. The quantitative estimate of drug-likeness (QED) is 0.0910. The minimum Gasteiger partial charge on any atom is -0.461 e. The highest BCUT2D eigenvalue weighted by Gasteiger charge is 2.41. The van der Waals surface area contributed by atoms with Gasteiger partial charge in [0.25, 0.3) is 0 Å². The van der Waals surface area contributed by atoms with Crippen LogP contribution in [0.3, 0.4) is 0 Å². The predicted molar refractivity (Wildman–Crippen MR) is 225 cm³/mol. The SMILES string of the molecule is CC[C@H](NC(=O)[C@H](C)NC)C(=O)N1CCC[C@H]1Cc1c(-c2[nH]c3cc(F)ccc3c2C[C@@H]2C[C@H](OC(C)=O)CN2C(=O)[C@H](CC)NC(=O)[C@H](C)NC)[nH]c2cc(F)ccc12. The summed E-state index contributed by atoms with van der Waals surface area (Å²) in [6.45, 7) is 9.07. The topological polar surface area (TPSA) is 181 Å². The van der Waals surface area contributed by atoms with Gasteiger partial charge in [0, 0.05) is 53.8 Å². The fraction of sp³-hybridized carbons (Fsp3) is 0.523. The first kappa shape index (κ1) is 44.2. The maximum atomic E-state index is 14.9. The van der Waals surface area contributed by atoms with Crippen LogP contribution >= 0.6 is 0 Å². The summed E-state index contributed by atoms with van der Waals surface area (Å²) in [5, 5.41) is 13.1. The Hall–Kier alpha value is -5.35. The number of likely N-dealkylation sites (N-methyl/N-ethyl adjacent to an activating group) is 2. The molecule has 0 spiro atoms. The number of hydrogen-bond acceptors (Lipinski definition) is 8. The van der Waals surface area contributed by atoms with Crippen LogP contribution in [-0.2, 0) is 41.6 Å². The van der Waals surface area contributed by atoms with E-state index in [0.717, 1.165) is 22.9 Å². The van der Waals surface area contributed by atoms with Crippen LogP contribution in [0.5, 0.6) is 0 Å². The summed E-state index contributed by atoms with van der Waals surface area (Å²) in [4.78, 5) is 76.7. The molecule has 6 N–H and O–H groups in total. The molecular weight excluding hydrogens is 775 g/mol. The second-order valence-electron chi connectivity index (χ2n) is 16.1. The monoisotopic (exact) mass is 832 g/mol. The van der Waals surface area contributed by atoms with E-state index in [4.69, 9.17) is 4.74 Å². The summed E-state index contributed by atoms with van der Waals surface area (Å²) in [6.07, 6.45) is 2.61. The first-order valence-electron chi connectivity index (χ1n) is 21.0. The standard InChI is InChI=1S/C44H58F2N8O6/c1-8-35(51-41(56)23(3)47-6)43(58)53-16-10-11-28(53)20-33-31-14-12-26(45)17-37(31)49-39(33)40-34(32-15-13-27(46)18-38(32)50-40)21-29-19-30(60-25(5)55)22-54(29)44(59)36(9-2)52-42(57)24(4)48-7/h12-15,17-18,23-24,28-30,35-36,47-50H,8-11,16,19-22H2,1-7H3,(H,51,56)(H,52,57)/t23-,24-,28-,29-,30-,35-,36-/m0/s1. The number of likely N-dealkylation sites (tertiary alicyclic amines) is 2. The molecule has 0 radical (unpaired) electrons. The molecule has 2 aromatic heterocycles. The summed E-state index contributed by atoms with van der Waals surface area (Å²) in [5.74, 6) is -2.43. The predicted octanol–water partition coefficient (Wildman–Crippen LogP) is 4.21. The van der Waals surface area contributed by atoms with E-state index in [-0.39, 0.29) is 42.6 Å². The van der Waals surface area contributed by atoms with Crippen LogP contribution in [0.2, 0.25) is 0 Å². The lowest BCUT2D eigenvalue weighted by Crippen LogP contribution is -2.53. The largest absolute Gasteiger partial charge is 0.461 e. The fourth-order valence-corrected chi connectivity index (χ4v) is 8.71. The first-order valence-corrected chi connectivity index (χ1v) is 21.0. The van der Waals surface area contributed by atoms with Gasteiger partial charge >= 0.3 is 5.97 Å². The minimum atomic E-state index is -0.831. The number of halogens is 2. The molecule has 0 saturated carbocycles. The Balaban J connectivity index is 1.41. The summed E-state index contributed by atoms with van der Waals surface area (Å²) in [6, 6.07) is 5.72. The molecule has 60 heavy (non-hydrogen) atoms. The number of aromatic nitrogens is 2. The lowest BCUT2D eigenvalue weighted by molar-refractivity contribution is -0.146. The van der Waals surface area contributed by atoms with Crippen LogP contribution < -0.4 is 21.3 Å². The number of nitrogens with one attached hydrogen (secondary N) is 6. The van der Waals surface area contributed by atoms with Crippen LogP contribution in [0.4, 0.5) is 8.78 Å². The number of carbonyl (C=O) groups is 5. The van der Waals surface area contributed by atoms with E-state index < -0.39 is 53.9 Å². The van der Waals surface area contributed by atoms with Gasteiger partial charge in [0.15, 0.2) is 0 Å². The van der Waals surface area contributed by atoms with E-state index in [1.165, 1.54) is 31.2 Å². The number of amides is 4. The van der Waals surface area contributed by atoms with Crippen LogP contribution in [0.15, 0.2) is 36.4 Å². The van der Waals surface area contributed by atoms with Gasteiger partial charge in [-0.1, -0.05) is 13.8 Å². The Morgan fingerprint density at radius 1 is 0.767 bits per heavy atom. The minimum absolute atomic E-state index is 0.124. The van der Waals surface area contributed by atoms with Crippen LogP contribution in [0.25, 0.3) is 33.2 Å². The lowest BCUT2D eigenvalue weighted by atomic mass is 9.94. The molecule has 0 aliphatic carbocycles. The average molecular weight is 833 g/mol. The van der Waals surface area contributed by atoms with Crippen LogP contribution in [-0.4, -0.2) is 119 Å². The molecule has 16 heteroatoms. The maximum Gasteiger partial charge on any atom is 0.302 e. The van der Waals surface area contributed by atoms with Gasteiger partial charge < -0.3 is 45.8 Å². The molecule has 4 aromatic rings. The van der Waals surface area contributed by atoms with E-state index in [0.29, 0.717) is 66.5 Å². The molecule has 4 heterocycles. The number of fused-ring (bicyclic) bond motifs is 2. The fourth-order valence-electron chi connectivity index (χ4n) is 8.71. The molecule has 4 amide bonds. The normalized spacial score (nSPS) is 20.0. The molecule has 0 bridgehead atoms. The second kappa shape index (κ2) is 18.9. The number of nitrogens with zero attached hydrogens (tertiary/aromatic N) is 2. The Bertz CT molecular complexity index is 2240. The molecule has 2 aliphatic heterocycles. The highest BCUT2D eigenvalue weighted by Crippen LogP contribution is 2.40. The summed E-state index contributed by atoms with van der Waals surface area (Å²) >= 11 is 0. The van der Waals surface area contributed by atoms with Gasteiger partial charge in [-0.2, -0.15) is 0 Å². The van der Waals surface area contributed by atoms with E-state index in [2.05, 4.69) is 31.2 Å². The number of esters is 1. The summed E-state index contributed by atoms with van der Waals surface area (Å²) in [7, 11) is 3.34. The van der Waals surface area contributed by atoms with Crippen molar-refractivity contribution in [2.75, 3.05) is 27.2 Å². The lowest BCUT2D eigenvalue weighted by Gasteiger charge is -2.30. The van der Waals surface area contributed by atoms with Crippen molar-refractivity contribution < 1.29 is 37.5 Å². The molecule has 324 valence electrons. The maximum absolute atomic E-state index is 14.9. The van der Waals surface area contributed by atoms with E-state index in [1.54, 1.807) is 45.0 Å². The Morgan fingerprint density at radius 2 is 1.25 bits per heavy atom. The number of benzene rings is 2. The number of hydrogen-bond donors (Lipinski definition) is 6. The smallest absolute Gasteiger partial charge is 0.302 e. The number of H-pyrrole nitrogens is 2. The van der Waals surface area contributed by atoms with Gasteiger partial charge in [-0.15, -0.1) is 0 Å². The van der Waals surface area contributed by atoms with Crippen molar-refractivity contribution in [1.29, 1.82) is 0 Å². The zero-order valence-corrected chi connectivity index (χ0v) is 35.5. The van der Waals surface area contributed by atoms with E-state index in [9.17, 15) is 32.8 Å². The molecule has 7 atom stereocenters. The third kappa shape index (κ3) is 9.34. The van der Waals surface area contributed by atoms with Crippen molar-refractivity contribution in [3.63, 3.8) is 0 Å². The molecule has 14 nitrogen and oxygen atoms in total. The Morgan fingerprint density at radius 3 is 1.72 bits per heavy atom. The number of ether oxygens (including phenoxy) is 1. The number of carbonyl (C=O) groups excluding carboxylic acids is 5. The van der Waals surface area contributed by atoms with Crippen molar-refractivity contribution in [3.8, 4) is 11.4 Å². The number of rotatable bonds is 16. The van der Waals surface area contributed by atoms with Crippen molar-refractivity contribution in [3.05, 3.63) is 59.2 Å². The number of aromatic amines is 2. The average Bonchev–Trinajstić information content (AvgIpc) is 4.02. The first-order chi connectivity index (χ1) is 28.7. The molecule has 2 aromatic carbocycles. The van der Waals surface area contributed by atoms with Crippen molar-refractivity contribution in [2.45, 2.75) is 122 Å². The molecule has 0 unspecified atom stereocenters. The third-order valence-corrected chi connectivity index (χ3v) is 12.2. The van der Waals surface area contributed by atoms with Gasteiger partial charge in [0.2, 0.25) is 23.6 Å². The highest BCUT2D eigenvalue weighted by atomic mass is 19.1. The van der Waals surface area contributed by atoms with Crippen LogP contribution in [0, 0.1) is 11.6 Å². The molecule has 2 aliphatic rings. The van der Waals surface area contributed by atoms with Gasteiger partial charge in [0.05, 0.1) is 30.0 Å². The van der Waals surface area contributed by atoms with E-state index in [1.807, 2.05) is 18.7 Å². The molecule has 2 fully saturated rings. The summed E-state index contributed by atoms with van der Waals surface area (Å²) in [5.41, 5.74) is 3.89. The third-order valence-electron chi connectivity index (χ3n) is 12.2. The van der Waals surface area contributed by atoms with Crippen molar-refractivity contribution >= 4 is 51.4 Å². The Labute approximate surface area is 348 Å². The molecular formula is C44H58F2N8O6. The highest BCUT2D eigenvalue weighted by molar-refractivity contribution is 5.97. The molecule has 2 saturated heterocycles. The zero-order chi connectivity index (χ0) is 43.4. The van der Waals surface area contributed by atoms with Gasteiger partial charge in [0.1, 0.15) is 29.8 Å². The van der Waals surface area contributed by atoms with Gasteiger partial charge in [-0.3, -0.25) is 24.0 Å². The van der Waals surface area contributed by atoms with Gasteiger partial charge in [-0.25, -0.2) is 8.78 Å². The van der Waals surface area contributed by atoms with Crippen molar-refractivity contribution in [2.24, 2.45) is 0 Å².